The molecule has 28 heavy (non-hydrogen) atoms. The molecule has 5 nitrogen and oxygen atoms in total. The zero-order valence-electron chi connectivity index (χ0n) is 15.4. The Morgan fingerprint density at radius 1 is 1.14 bits per heavy atom. The van der Waals surface area contributed by atoms with Crippen molar-refractivity contribution in [1.29, 1.82) is 0 Å². The highest BCUT2D eigenvalue weighted by atomic mass is 19.4. The van der Waals surface area contributed by atoms with Gasteiger partial charge in [-0.15, -0.1) is 0 Å². The third-order valence-corrected chi connectivity index (χ3v) is 5.71. The van der Waals surface area contributed by atoms with Crippen molar-refractivity contribution < 1.29 is 22.8 Å². The number of alkyl halides is 3. The fourth-order valence-electron chi connectivity index (χ4n) is 4.09. The van der Waals surface area contributed by atoms with Gasteiger partial charge >= 0.3 is 6.18 Å². The van der Waals surface area contributed by atoms with Gasteiger partial charge in [-0.2, -0.15) is 13.2 Å². The van der Waals surface area contributed by atoms with E-state index in [0.29, 0.717) is 22.6 Å². The Labute approximate surface area is 159 Å². The Morgan fingerprint density at radius 3 is 2.50 bits per heavy atom. The van der Waals surface area contributed by atoms with E-state index in [-0.39, 0.29) is 5.69 Å². The lowest BCUT2D eigenvalue weighted by molar-refractivity contribution is -0.384. The predicted octanol–water partition coefficient (Wildman–Crippen LogP) is 5.14. The molecule has 0 saturated carbocycles. The molecule has 2 heterocycles. The normalized spacial score (nSPS) is 22.0. The molecule has 0 N–H and O–H groups in total. The molecule has 1 atom stereocenters. The minimum absolute atomic E-state index is 0.0555. The van der Waals surface area contributed by atoms with Gasteiger partial charge in [0.15, 0.2) is 0 Å². The zero-order chi connectivity index (χ0) is 20.5. The van der Waals surface area contributed by atoms with Crippen LogP contribution in [-0.2, 0) is 11.6 Å². The van der Waals surface area contributed by atoms with E-state index in [1.54, 1.807) is 19.2 Å². The number of hydrogen-bond donors (Lipinski definition) is 0. The van der Waals surface area contributed by atoms with E-state index in [1.807, 2.05) is 18.7 Å². The maximum atomic E-state index is 13.2. The maximum absolute atomic E-state index is 13.2. The van der Waals surface area contributed by atoms with Crippen LogP contribution in [0, 0.1) is 10.1 Å². The SMILES string of the molecule is CN1c2ccc(C(F)(F)F)cc2C(C)(C)C12C=Cc1cc([N+](=O)[O-])ccc1O2. The summed E-state index contributed by atoms with van der Waals surface area (Å²) in [5.41, 5.74) is -0.902. The lowest BCUT2D eigenvalue weighted by Crippen LogP contribution is -2.58. The Morgan fingerprint density at radius 2 is 1.86 bits per heavy atom. The van der Waals surface area contributed by atoms with Crippen molar-refractivity contribution in [3.8, 4) is 5.75 Å². The van der Waals surface area contributed by atoms with Crippen LogP contribution >= 0.6 is 0 Å². The van der Waals surface area contributed by atoms with Gasteiger partial charge in [0.05, 0.1) is 15.9 Å². The fraction of sp³-hybridized carbons (Fsp3) is 0.300. The van der Waals surface area contributed by atoms with Crippen molar-refractivity contribution >= 4 is 17.5 Å². The number of nitro groups is 1. The lowest BCUT2D eigenvalue weighted by Gasteiger charge is -2.45. The molecule has 0 fully saturated rings. The predicted molar refractivity (Wildman–Crippen MR) is 98.4 cm³/mol. The Hall–Kier alpha value is -3.03. The van der Waals surface area contributed by atoms with Crippen molar-refractivity contribution in [1.82, 2.24) is 0 Å². The molecule has 0 amide bonds. The van der Waals surface area contributed by atoms with Gasteiger partial charge in [-0.3, -0.25) is 10.1 Å². The van der Waals surface area contributed by atoms with Gasteiger partial charge in [-0.05, 0) is 55.8 Å². The summed E-state index contributed by atoms with van der Waals surface area (Å²) in [6, 6.07) is 7.97. The number of hydrogen-bond acceptors (Lipinski definition) is 4. The van der Waals surface area contributed by atoms with Crippen LogP contribution in [0.3, 0.4) is 0 Å². The number of rotatable bonds is 1. The molecule has 2 aliphatic heterocycles. The van der Waals surface area contributed by atoms with Crippen LogP contribution in [0.1, 0.15) is 30.5 Å². The van der Waals surface area contributed by atoms with Gasteiger partial charge < -0.3 is 9.64 Å². The van der Waals surface area contributed by atoms with Crippen molar-refractivity contribution in [2.75, 3.05) is 11.9 Å². The topological polar surface area (TPSA) is 55.6 Å². The number of halogens is 3. The number of anilines is 1. The van der Waals surface area contributed by atoms with Crippen LogP contribution in [0.15, 0.2) is 42.5 Å². The molecule has 0 saturated heterocycles. The Bertz CT molecular complexity index is 1030. The standard InChI is InChI=1S/C20H17F3N2O3/c1-18(2)15-11-13(20(21,22)23)4-6-16(15)24(3)19(18)9-8-12-10-14(25(26)27)5-7-17(12)28-19/h4-11H,1-3H3. The number of ether oxygens (including phenoxy) is 1. The van der Waals surface area contributed by atoms with Gasteiger partial charge in [0, 0.05) is 30.4 Å². The van der Waals surface area contributed by atoms with Crippen LogP contribution < -0.4 is 9.64 Å². The molecule has 4 rings (SSSR count). The summed E-state index contributed by atoms with van der Waals surface area (Å²) in [5, 5.41) is 11.0. The third-order valence-electron chi connectivity index (χ3n) is 5.71. The first-order valence-electron chi connectivity index (χ1n) is 8.60. The van der Waals surface area contributed by atoms with Gasteiger partial charge in [-0.1, -0.05) is 0 Å². The van der Waals surface area contributed by atoms with E-state index in [4.69, 9.17) is 4.74 Å². The monoisotopic (exact) mass is 390 g/mol. The van der Waals surface area contributed by atoms with E-state index >= 15 is 0 Å². The molecule has 2 aromatic rings. The summed E-state index contributed by atoms with van der Waals surface area (Å²) < 4.78 is 46.0. The van der Waals surface area contributed by atoms with Crippen LogP contribution in [0.4, 0.5) is 24.5 Å². The highest BCUT2D eigenvalue weighted by molar-refractivity contribution is 5.73. The molecule has 8 heteroatoms. The van der Waals surface area contributed by atoms with Crippen LogP contribution in [0.2, 0.25) is 0 Å². The summed E-state index contributed by atoms with van der Waals surface area (Å²) in [6.45, 7) is 3.66. The van der Waals surface area contributed by atoms with Gasteiger partial charge in [0.1, 0.15) is 5.75 Å². The number of likely N-dealkylation sites (N-methyl/N-ethyl adjacent to an activating group) is 1. The first-order valence-corrected chi connectivity index (χ1v) is 8.60. The van der Waals surface area contributed by atoms with Crippen LogP contribution in [-0.4, -0.2) is 17.7 Å². The molecule has 0 radical (unpaired) electrons. The first kappa shape index (κ1) is 18.3. The minimum Gasteiger partial charge on any atom is -0.463 e. The molecule has 2 aromatic carbocycles. The quantitative estimate of drug-likeness (QED) is 0.500. The molecular weight excluding hydrogens is 373 g/mol. The lowest BCUT2D eigenvalue weighted by atomic mass is 9.76. The molecular formula is C20H17F3N2O3. The van der Waals surface area contributed by atoms with E-state index in [9.17, 15) is 23.3 Å². The summed E-state index contributed by atoms with van der Waals surface area (Å²) in [4.78, 5) is 12.3. The van der Waals surface area contributed by atoms with Crippen molar-refractivity contribution in [3.05, 3.63) is 69.3 Å². The van der Waals surface area contributed by atoms with E-state index < -0.39 is 27.8 Å². The second kappa shape index (κ2) is 5.50. The summed E-state index contributed by atoms with van der Waals surface area (Å²) in [7, 11) is 1.77. The molecule has 2 aliphatic rings. The average molecular weight is 390 g/mol. The summed E-state index contributed by atoms with van der Waals surface area (Å²) in [5.74, 6) is 0.442. The van der Waals surface area contributed by atoms with Gasteiger partial charge in [0.25, 0.3) is 5.69 Å². The highest BCUT2D eigenvalue weighted by Crippen LogP contribution is 2.55. The van der Waals surface area contributed by atoms with Crippen molar-refractivity contribution in [2.45, 2.75) is 31.2 Å². The molecule has 1 spiro atoms. The second-order valence-corrected chi connectivity index (χ2v) is 7.52. The zero-order valence-corrected chi connectivity index (χ0v) is 15.4. The van der Waals surface area contributed by atoms with Gasteiger partial charge in [0.2, 0.25) is 5.72 Å². The van der Waals surface area contributed by atoms with E-state index in [1.165, 1.54) is 30.3 Å². The van der Waals surface area contributed by atoms with Gasteiger partial charge in [-0.25, -0.2) is 0 Å². The van der Waals surface area contributed by atoms with E-state index in [2.05, 4.69) is 0 Å². The van der Waals surface area contributed by atoms with Crippen molar-refractivity contribution in [2.24, 2.45) is 0 Å². The molecule has 0 bridgehead atoms. The maximum Gasteiger partial charge on any atom is 0.416 e. The smallest absolute Gasteiger partial charge is 0.416 e. The average Bonchev–Trinajstić information content (AvgIpc) is 2.79. The third kappa shape index (κ3) is 2.33. The first-order chi connectivity index (χ1) is 13.0. The number of fused-ring (bicyclic) bond motifs is 2. The largest absolute Gasteiger partial charge is 0.463 e. The second-order valence-electron chi connectivity index (χ2n) is 7.52. The number of non-ortho nitro benzene ring substituents is 1. The summed E-state index contributed by atoms with van der Waals surface area (Å²) in [6.07, 6.45) is -0.957. The van der Waals surface area contributed by atoms with Crippen LogP contribution in [0.25, 0.3) is 6.08 Å². The molecule has 0 aromatic heterocycles. The number of nitro benzene ring substituents is 1. The number of benzene rings is 2. The molecule has 1 unspecified atom stereocenters. The van der Waals surface area contributed by atoms with Crippen LogP contribution in [0.5, 0.6) is 5.75 Å². The molecule has 146 valence electrons. The van der Waals surface area contributed by atoms with E-state index in [0.717, 1.165) is 6.07 Å². The number of nitrogens with zero attached hydrogens (tertiary/aromatic N) is 2. The minimum atomic E-state index is -4.44. The summed E-state index contributed by atoms with van der Waals surface area (Å²) >= 11 is 0. The van der Waals surface area contributed by atoms with Crippen molar-refractivity contribution in [3.63, 3.8) is 0 Å². The Balaban J connectivity index is 1.83. The Kier molecular flexibility index (Phi) is 3.60. The highest BCUT2D eigenvalue weighted by Gasteiger charge is 2.58. The fourth-order valence-corrected chi connectivity index (χ4v) is 4.09. The molecule has 0 aliphatic carbocycles.